The maximum absolute atomic E-state index is 4.72. The molecule has 22 heavy (non-hydrogen) atoms. The minimum Gasteiger partial charge on any atom is -0.252 e. The third-order valence-electron chi connectivity index (χ3n) is 3.76. The molecular formula is C18H10Br2N2. The average Bonchev–Trinajstić information content (AvgIpc) is 2.54. The lowest BCUT2D eigenvalue weighted by Crippen LogP contribution is -1.91. The van der Waals surface area contributed by atoms with Crippen molar-refractivity contribution >= 4 is 70.5 Å². The third-order valence-corrected chi connectivity index (χ3v) is 4.75. The van der Waals surface area contributed by atoms with Crippen molar-refractivity contribution in [2.75, 3.05) is 0 Å². The van der Waals surface area contributed by atoms with E-state index in [1.54, 1.807) is 12.3 Å². The standard InChI is InChI=1S/C18H10Br2N2/c1-2-12-9-21-17-13-5-3-10(19)7-15(13)16-8-11(20)4-6-14(16)18(17)22-12/h2-9H,1H2. The molecule has 0 spiro atoms. The van der Waals surface area contributed by atoms with Crippen LogP contribution in [0.25, 0.3) is 38.7 Å². The Bertz CT molecular complexity index is 1070. The predicted octanol–water partition coefficient (Wildman–Crippen LogP) is 6.10. The van der Waals surface area contributed by atoms with Crippen LogP contribution in [0.3, 0.4) is 0 Å². The number of hydrogen-bond acceptors (Lipinski definition) is 2. The zero-order valence-corrected chi connectivity index (χ0v) is 14.6. The SMILES string of the molecule is C=Cc1cnc2c3ccc(Br)cc3c3cc(Br)ccc3c2n1. The first-order valence-electron chi connectivity index (χ1n) is 6.77. The van der Waals surface area contributed by atoms with Gasteiger partial charge in [-0.15, -0.1) is 0 Å². The highest BCUT2D eigenvalue weighted by molar-refractivity contribution is 9.10. The van der Waals surface area contributed by atoms with E-state index in [1.807, 2.05) is 12.1 Å². The molecule has 0 bridgehead atoms. The van der Waals surface area contributed by atoms with Gasteiger partial charge in [-0.2, -0.15) is 0 Å². The molecule has 0 aliphatic heterocycles. The van der Waals surface area contributed by atoms with Crippen LogP contribution in [0.15, 0.2) is 58.1 Å². The summed E-state index contributed by atoms with van der Waals surface area (Å²) < 4.78 is 2.10. The molecule has 4 rings (SSSR count). The van der Waals surface area contributed by atoms with Crippen molar-refractivity contribution in [2.45, 2.75) is 0 Å². The monoisotopic (exact) mass is 412 g/mol. The molecule has 4 aromatic rings. The van der Waals surface area contributed by atoms with E-state index in [2.05, 4.69) is 67.7 Å². The fourth-order valence-electron chi connectivity index (χ4n) is 2.78. The quantitative estimate of drug-likeness (QED) is 0.352. The highest BCUT2D eigenvalue weighted by Crippen LogP contribution is 2.35. The normalized spacial score (nSPS) is 11.4. The van der Waals surface area contributed by atoms with Crippen LogP contribution in [-0.4, -0.2) is 9.97 Å². The van der Waals surface area contributed by atoms with Gasteiger partial charge in [-0.1, -0.05) is 50.6 Å². The fraction of sp³-hybridized carbons (Fsp3) is 0. The summed E-state index contributed by atoms with van der Waals surface area (Å²) in [5.74, 6) is 0. The maximum atomic E-state index is 4.72. The van der Waals surface area contributed by atoms with E-state index in [0.717, 1.165) is 41.8 Å². The summed E-state index contributed by atoms with van der Waals surface area (Å²) >= 11 is 7.13. The van der Waals surface area contributed by atoms with Gasteiger partial charge < -0.3 is 0 Å². The van der Waals surface area contributed by atoms with E-state index >= 15 is 0 Å². The first kappa shape index (κ1) is 13.9. The average molecular weight is 414 g/mol. The lowest BCUT2D eigenvalue weighted by molar-refractivity contribution is 1.28. The summed E-state index contributed by atoms with van der Waals surface area (Å²) in [7, 11) is 0. The van der Waals surface area contributed by atoms with Gasteiger partial charge in [0.2, 0.25) is 0 Å². The van der Waals surface area contributed by atoms with E-state index in [4.69, 9.17) is 4.98 Å². The highest BCUT2D eigenvalue weighted by Gasteiger charge is 2.11. The zero-order valence-electron chi connectivity index (χ0n) is 11.5. The predicted molar refractivity (Wildman–Crippen MR) is 100 cm³/mol. The van der Waals surface area contributed by atoms with Gasteiger partial charge in [0.15, 0.2) is 0 Å². The van der Waals surface area contributed by atoms with E-state index in [0.29, 0.717) is 0 Å². The van der Waals surface area contributed by atoms with Crippen molar-refractivity contribution in [2.24, 2.45) is 0 Å². The number of aromatic nitrogens is 2. The van der Waals surface area contributed by atoms with Gasteiger partial charge in [-0.05, 0) is 41.1 Å². The van der Waals surface area contributed by atoms with Crippen molar-refractivity contribution < 1.29 is 0 Å². The molecule has 2 nitrogen and oxygen atoms in total. The number of halogens is 2. The van der Waals surface area contributed by atoms with Crippen LogP contribution in [0.2, 0.25) is 0 Å². The van der Waals surface area contributed by atoms with Gasteiger partial charge in [0.1, 0.15) is 0 Å². The molecule has 0 amide bonds. The Kier molecular flexibility index (Phi) is 3.24. The maximum Gasteiger partial charge on any atom is 0.0978 e. The first-order valence-corrected chi connectivity index (χ1v) is 8.35. The molecule has 0 saturated heterocycles. The molecule has 0 aliphatic rings. The van der Waals surface area contributed by atoms with Gasteiger partial charge >= 0.3 is 0 Å². The zero-order chi connectivity index (χ0) is 15.3. The van der Waals surface area contributed by atoms with Crippen molar-refractivity contribution in [3.63, 3.8) is 0 Å². The van der Waals surface area contributed by atoms with Crippen LogP contribution in [-0.2, 0) is 0 Å². The lowest BCUT2D eigenvalue weighted by atomic mass is 9.99. The Labute approximate surface area is 144 Å². The Balaban J connectivity index is 2.35. The molecule has 106 valence electrons. The Morgan fingerprint density at radius 1 is 0.818 bits per heavy atom. The molecule has 4 heteroatoms. The van der Waals surface area contributed by atoms with Gasteiger partial charge in [0.25, 0.3) is 0 Å². The second-order valence-electron chi connectivity index (χ2n) is 5.08. The Morgan fingerprint density at radius 3 is 2.00 bits per heavy atom. The Hall–Kier alpha value is -1.78. The van der Waals surface area contributed by atoms with Crippen LogP contribution in [0, 0.1) is 0 Å². The van der Waals surface area contributed by atoms with Crippen molar-refractivity contribution in [1.82, 2.24) is 9.97 Å². The number of nitrogens with zero attached hydrogens (tertiary/aromatic N) is 2. The number of hydrogen-bond donors (Lipinski definition) is 0. The molecule has 0 N–H and O–H groups in total. The molecule has 0 radical (unpaired) electrons. The van der Waals surface area contributed by atoms with Crippen LogP contribution < -0.4 is 0 Å². The summed E-state index contributed by atoms with van der Waals surface area (Å²) in [6.07, 6.45) is 3.49. The summed E-state index contributed by atoms with van der Waals surface area (Å²) in [5, 5.41) is 4.53. The van der Waals surface area contributed by atoms with E-state index < -0.39 is 0 Å². The minimum atomic E-state index is 0.785. The number of benzene rings is 3. The molecule has 0 aliphatic carbocycles. The van der Waals surface area contributed by atoms with Crippen molar-refractivity contribution in [3.8, 4) is 0 Å². The summed E-state index contributed by atoms with van der Waals surface area (Å²) in [6.45, 7) is 3.79. The molecule has 3 aromatic carbocycles. The first-order chi connectivity index (χ1) is 10.7. The molecule has 0 atom stereocenters. The fourth-order valence-corrected chi connectivity index (χ4v) is 3.50. The number of rotatable bonds is 1. The van der Waals surface area contributed by atoms with Gasteiger partial charge in [0, 0.05) is 19.7 Å². The van der Waals surface area contributed by atoms with E-state index in [-0.39, 0.29) is 0 Å². The highest BCUT2D eigenvalue weighted by atomic mass is 79.9. The lowest BCUT2D eigenvalue weighted by Gasteiger charge is -2.10. The third kappa shape index (κ3) is 2.06. The van der Waals surface area contributed by atoms with Crippen LogP contribution in [0.4, 0.5) is 0 Å². The minimum absolute atomic E-state index is 0.785. The second-order valence-corrected chi connectivity index (χ2v) is 6.91. The Morgan fingerprint density at radius 2 is 1.41 bits per heavy atom. The molecule has 0 saturated carbocycles. The van der Waals surface area contributed by atoms with Crippen molar-refractivity contribution in [3.05, 3.63) is 63.8 Å². The molecule has 0 unspecified atom stereocenters. The molecule has 1 heterocycles. The smallest absolute Gasteiger partial charge is 0.0978 e. The molecule has 1 aromatic heterocycles. The van der Waals surface area contributed by atoms with Crippen LogP contribution in [0.1, 0.15) is 5.69 Å². The van der Waals surface area contributed by atoms with E-state index in [1.165, 1.54) is 5.39 Å². The number of fused-ring (bicyclic) bond motifs is 6. The van der Waals surface area contributed by atoms with Crippen LogP contribution in [0.5, 0.6) is 0 Å². The summed E-state index contributed by atoms with van der Waals surface area (Å²) in [4.78, 5) is 9.34. The molecular weight excluding hydrogens is 404 g/mol. The topological polar surface area (TPSA) is 25.8 Å². The van der Waals surface area contributed by atoms with Gasteiger partial charge in [-0.25, -0.2) is 4.98 Å². The largest absolute Gasteiger partial charge is 0.252 e. The van der Waals surface area contributed by atoms with Gasteiger partial charge in [0.05, 0.1) is 22.9 Å². The second kappa shape index (κ2) is 5.14. The summed E-state index contributed by atoms with van der Waals surface area (Å²) in [6, 6.07) is 12.5. The van der Waals surface area contributed by atoms with E-state index in [9.17, 15) is 0 Å². The summed E-state index contributed by atoms with van der Waals surface area (Å²) in [5.41, 5.74) is 2.62. The van der Waals surface area contributed by atoms with Crippen LogP contribution >= 0.6 is 31.9 Å². The van der Waals surface area contributed by atoms with Gasteiger partial charge in [-0.3, -0.25) is 4.98 Å². The molecule has 0 fully saturated rings. The van der Waals surface area contributed by atoms with Crippen molar-refractivity contribution in [1.29, 1.82) is 0 Å².